The number of sulfone groups is 1. The summed E-state index contributed by atoms with van der Waals surface area (Å²) >= 11 is 0. The molecule has 2 aromatic rings. The number of carbonyl (C=O) groups excluding carboxylic acids is 1. The van der Waals surface area contributed by atoms with Gasteiger partial charge in [0.2, 0.25) is 0 Å². The second kappa shape index (κ2) is 7.71. The SMILES string of the molecule is O=C(c1cccc([N+](=O)[O-])c1)N(CCc1ccccc1)C1C=CS(=O)(=O)C1. The lowest BCUT2D eigenvalue weighted by molar-refractivity contribution is -0.384. The minimum absolute atomic E-state index is 0.162. The number of hydrogen-bond acceptors (Lipinski definition) is 5. The van der Waals surface area contributed by atoms with E-state index < -0.39 is 26.7 Å². The summed E-state index contributed by atoms with van der Waals surface area (Å²) in [7, 11) is -3.34. The van der Waals surface area contributed by atoms with Gasteiger partial charge in [-0.05, 0) is 24.1 Å². The van der Waals surface area contributed by atoms with Crippen LogP contribution in [-0.4, -0.2) is 42.5 Å². The van der Waals surface area contributed by atoms with Crippen molar-refractivity contribution in [3.8, 4) is 0 Å². The number of amides is 1. The van der Waals surface area contributed by atoms with Gasteiger partial charge >= 0.3 is 0 Å². The number of hydrogen-bond donors (Lipinski definition) is 0. The largest absolute Gasteiger partial charge is 0.331 e. The third-order valence-corrected chi connectivity index (χ3v) is 5.74. The van der Waals surface area contributed by atoms with Crippen molar-refractivity contribution in [2.75, 3.05) is 12.3 Å². The van der Waals surface area contributed by atoms with Crippen molar-refractivity contribution in [1.82, 2.24) is 4.90 Å². The molecule has 0 aliphatic carbocycles. The summed E-state index contributed by atoms with van der Waals surface area (Å²) in [6, 6.07) is 14.4. The van der Waals surface area contributed by atoms with Crippen LogP contribution < -0.4 is 0 Å². The van der Waals surface area contributed by atoms with Gasteiger partial charge in [-0.1, -0.05) is 36.4 Å². The highest BCUT2D eigenvalue weighted by Gasteiger charge is 2.31. The highest BCUT2D eigenvalue weighted by molar-refractivity contribution is 7.94. The molecular weight excluding hydrogens is 368 g/mol. The van der Waals surface area contributed by atoms with Gasteiger partial charge in [0.25, 0.3) is 11.6 Å². The van der Waals surface area contributed by atoms with Crippen molar-refractivity contribution in [3.05, 3.63) is 87.3 Å². The van der Waals surface area contributed by atoms with Crippen molar-refractivity contribution in [3.63, 3.8) is 0 Å². The van der Waals surface area contributed by atoms with Crippen molar-refractivity contribution in [2.24, 2.45) is 0 Å². The zero-order valence-electron chi connectivity index (χ0n) is 14.4. The molecule has 140 valence electrons. The van der Waals surface area contributed by atoms with Crippen LogP contribution in [0.25, 0.3) is 0 Å². The molecule has 2 aromatic carbocycles. The van der Waals surface area contributed by atoms with Gasteiger partial charge in [0.15, 0.2) is 9.84 Å². The van der Waals surface area contributed by atoms with Crippen LogP contribution in [0.5, 0.6) is 0 Å². The maximum Gasteiger partial charge on any atom is 0.270 e. The monoisotopic (exact) mass is 386 g/mol. The maximum absolute atomic E-state index is 13.0. The molecule has 0 saturated heterocycles. The van der Waals surface area contributed by atoms with E-state index >= 15 is 0 Å². The first-order valence-electron chi connectivity index (χ1n) is 8.36. The number of non-ortho nitro benzene ring substituents is 1. The maximum atomic E-state index is 13.0. The predicted molar refractivity (Wildman–Crippen MR) is 101 cm³/mol. The van der Waals surface area contributed by atoms with Crippen LogP contribution in [0.2, 0.25) is 0 Å². The number of nitro groups is 1. The molecule has 0 saturated carbocycles. The molecule has 27 heavy (non-hydrogen) atoms. The zero-order chi connectivity index (χ0) is 19.4. The van der Waals surface area contributed by atoms with Crippen molar-refractivity contribution in [2.45, 2.75) is 12.5 Å². The zero-order valence-corrected chi connectivity index (χ0v) is 15.2. The van der Waals surface area contributed by atoms with Crippen LogP contribution in [0.3, 0.4) is 0 Å². The Morgan fingerprint density at radius 1 is 1.15 bits per heavy atom. The quantitative estimate of drug-likeness (QED) is 0.561. The van der Waals surface area contributed by atoms with Gasteiger partial charge < -0.3 is 4.90 Å². The molecule has 0 spiro atoms. The molecule has 1 amide bonds. The molecule has 0 radical (unpaired) electrons. The first kappa shape index (κ1) is 18.8. The van der Waals surface area contributed by atoms with Crippen LogP contribution in [-0.2, 0) is 16.3 Å². The molecule has 0 N–H and O–H groups in total. The molecule has 1 aliphatic heterocycles. The number of nitro benzene ring substituents is 1. The Hall–Kier alpha value is -3.00. The van der Waals surface area contributed by atoms with Gasteiger partial charge in [-0.15, -0.1) is 0 Å². The lowest BCUT2D eigenvalue weighted by Crippen LogP contribution is -2.42. The summed E-state index contributed by atoms with van der Waals surface area (Å²) in [4.78, 5) is 24.9. The van der Waals surface area contributed by atoms with E-state index in [1.54, 1.807) is 0 Å². The fourth-order valence-electron chi connectivity index (χ4n) is 2.98. The Morgan fingerprint density at radius 2 is 1.89 bits per heavy atom. The van der Waals surface area contributed by atoms with E-state index in [4.69, 9.17) is 0 Å². The van der Waals surface area contributed by atoms with Crippen LogP contribution >= 0.6 is 0 Å². The van der Waals surface area contributed by atoms with E-state index in [0.29, 0.717) is 13.0 Å². The highest BCUT2D eigenvalue weighted by atomic mass is 32.2. The van der Waals surface area contributed by atoms with Crippen LogP contribution in [0, 0.1) is 10.1 Å². The number of nitrogens with zero attached hydrogens (tertiary/aromatic N) is 2. The summed E-state index contributed by atoms with van der Waals surface area (Å²) in [6.45, 7) is 0.302. The first-order chi connectivity index (χ1) is 12.9. The Bertz CT molecular complexity index is 986. The molecule has 1 aliphatic rings. The molecule has 1 unspecified atom stereocenters. The third-order valence-electron chi connectivity index (χ3n) is 4.36. The van der Waals surface area contributed by atoms with Gasteiger partial charge in [0.05, 0.1) is 16.7 Å². The fourth-order valence-corrected chi connectivity index (χ4v) is 4.28. The van der Waals surface area contributed by atoms with Crippen LogP contribution in [0.4, 0.5) is 5.69 Å². The Kier molecular flexibility index (Phi) is 5.36. The van der Waals surface area contributed by atoms with Gasteiger partial charge in [-0.25, -0.2) is 8.42 Å². The van der Waals surface area contributed by atoms with E-state index in [1.165, 1.54) is 35.2 Å². The van der Waals surface area contributed by atoms with Gasteiger partial charge in [-0.3, -0.25) is 14.9 Å². The number of rotatable bonds is 6. The van der Waals surface area contributed by atoms with E-state index in [2.05, 4.69) is 0 Å². The molecule has 3 rings (SSSR count). The van der Waals surface area contributed by atoms with Crippen molar-refractivity contribution in [1.29, 1.82) is 0 Å². The number of carbonyl (C=O) groups is 1. The highest BCUT2D eigenvalue weighted by Crippen LogP contribution is 2.20. The van der Waals surface area contributed by atoms with E-state index in [9.17, 15) is 23.3 Å². The van der Waals surface area contributed by atoms with Gasteiger partial charge in [-0.2, -0.15) is 0 Å². The summed E-state index contributed by atoms with van der Waals surface area (Å²) < 4.78 is 23.6. The topological polar surface area (TPSA) is 97.6 Å². The number of benzene rings is 2. The normalized spacial score (nSPS) is 17.6. The molecule has 1 heterocycles. The predicted octanol–water partition coefficient (Wildman–Crippen LogP) is 2.59. The van der Waals surface area contributed by atoms with Gasteiger partial charge in [0, 0.05) is 29.6 Å². The standard InChI is InChI=1S/C19H18N2O5S/c22-19(16-7-4-8-17(13-16)21(23)24)20(18-10-12-27(25,26)14-18)11-9-15-5-2-1-3-6-15/h1-8,10,12-13,18H,9,11,14H2. The van der Waals surface area contributed by atoms with Crippen molar-refractivity contribution >= 4 is 21.4 Å². The van der Waals surface area contributed by atoms with Gasteiger partial charge in [0.1, 0.15) is 0 Å². The summed E-state index contributed by atoms with van der Waals surface area (Å²) in [5, 5.41) is 12.1. The summed E-state index contributed by atoms with van der Waals surface area (Å²) in [6.07, 6.45) is 2.04. The minimum atomic E-state index is -3.34. The molecule has 8 heteroatoms. The fraction of sp³-hybridized carbons (Fsp3) is 0.211. The smallest absolute Gasteiger partial charge is 0.270 e. The average Bonchev–Trinajstić information content (AvgIpc) is 3.02. The lowest BCUT2D eigenvalue weighted by atomic mass is 10.1. The molecule has 0 fully saturated rings. The first-order valence-corrected chi connectivity index (χ1v) is 10.1. The Balaban J connectivity index is 1.86. The third kappa shape index (κ3) is 4.59. The second-order valence-electron chi connectivity index (χ2n) is 6.27. The van der Waals surface area contributed by atoms with Crippen LogP contribution in [0.1, 0.15) is 15.9 Å². The molecule has 7 nitrogen and oxygen atoms in total. The molecule has 0 bridgehead atoms. The molecular formula is C19H18N2O5S. The molecule has 0 aromatic heterocycles. The minimum Gasteiger partial charge on any atom is -0.331 e. The summed E-state index contributed by atoms with van der Waals surface area (Å²) in [5.41, 5.74) is 0.993. The Morgan fingerprint density at radius 3 is 2.52 bits per heavy atom. The van der Waals surface area contributed by atoms with E-state index in [0.717, 1.165) is 11.0 Å². The lowest BCUT2D eigenvalue weighted by Gasteiger charge is -2.27. The average molecular weight is 386 g/mol. The molecule has 1 atom stereocenters. The van der Waals surface area contributed by atoms with E-state index in [1.807, 2.05) is 30.3 Å². The summed E-state index contributed by atoms with van der Waals surface area (Å²) in [5.74, 6) is -0.607. The van der Waals surface area contributed by atoms with E-state index in [-0.39, 0.29) is 17.0 Å². The van der Waals surface area contributed by atoms with Crippen LogP contribution in [0.15, 0.2) is 66.1 Å². The second-order valence-corrected chi connectivity index (χ2v) is 8.20. The van der Waals surface area contributed by atoms with Crippen molar-refractivity contribution < 1.29 is 18.1 Å². The Labute approximate surface area is 157 Å².